The fraction of sp³-hybridized carbons (Fsp3) is 0.241. The number of anilines is 2. The number of piperazine rings is 1. The number of nitriles is 2. The molecule has 0 aliphatic carbocycles. The molecule has 2 N–H and O–H groups in total. The highest BCUT2D eigenvalue weighted by molar-refractivity contribution is 5.98. The van der Waals surface area contributed by atoms with Crippen molar-refractivity contribution in [3.05, 3.63) is 59.7 Å². The minimum Gasteiger partial charge on any atom is -0.489 e. The number of halogens is 2. The van der Waals surface area contributed by atoms with E-state index in [1.54, 1.807) is 12.1 Å². The van der Waals surface area contributed by atoms with Gasteiger partial charge in [0, 0.05) is 41.8 Å². The van der Waals surface area contributed by atoms with Gasteiger partial charge in [0.05, 0.1) is 40.5 Å². The van der Waals surface area contributed by atoms with E-state index < -0.39 is 29.5 Å². The van der Waals surface area contributed by atoms with E-state index in [9.17, 15) is 10.1 Å². The van der Waals surface area contributed by atoms with Gasteiger partial charge in [0.15, 0.2) is 0 Å². The Balaban J connectivity index is 1.40. The van der Waals surface area contributed by atoms with Crippen LogP contribution in [0, 0.1) is 34.3 Å². The summed E-state index contributed by atoms with van der Waals surface area (Å²) in [5.74, 6) is -1.86. The number of nitrogens with zero attached hydrogens (tertiary/aromatic N) is 5. The van der Waals surface area contributed by atoms with Crippen molar-refractivity contribution in [3.8, 4) is 40.3 Å². The number of aromatic nitrogens is 2. The predicted molar refractivity (Wildman–Crippen MR) is 145 cm³/mol. The number of benzene rings is 3. The first-order valence-corrected chi connectivity index (χ1v) is 12.7. The topological polar surface area (TPSA) is 121 Å². The average molecular weight is 540 g/mol. The summed E-state index contributed by atoms with van der Waals surface area (Å²) in [7, 11) is 2.10. The molecule has 1 amide bonds. The van der Waals surface area contributed by atoms with Crippen molar-refractivity contribution in [1.82, 2.24) is 15.1 Å². The molecule has 2 aliphatic rings. The highest BCUT2D eigenvalue weighted by atomic mass is 19.1. The smallest absolute Gasteiger partial charge is 0.238 e. The molecule has 3 heterocycles. The van der Waals surface area contributed by atoms with Gasteiger partial charge in [-0.15, -0.1) is 0 Å². The van der Waals surface area contributed by atoms with Crippen LogP contribution in [-0.4, -0.2) is 60.3 Å². The molecule has 1 saturated heterocycles. The van der Waals surface area contributed by atoms with Crippen LogP contribution in [0.1, 0.15) is 12.0 Å². The number of aromatic amines is 1. The van der Waals surface area contributed by atoms with E-state index in [1.165, 1.54) is 6.07 Å². The molecular weight excluding hydrogens is 516 g/mol. The second-order valence-electron chi connectivity index (χ2n) is 9.93. The lowest BCUT2D eigenvalue weighted by molar-refractivity contribution is -0.115. The van der Waals surface area contributed by atoms with Crippen LogP contribution in [0.5, 0.6) is 5.75 Å². The van der Waals surface area contributed by atoms with Crippen LogP contribution in [0.15, 0.2) is 42.5 Å². The Morgan fingerprint density at radius 2 is 1.98 bits per heavy atom. The van der Waals surface area contributed by atoms with Crippen LogP contribution in [0.4, 0.5) is 20.2 Å². The number of H-pyrrole nitrogens is 1. The SMILES string of the molecule is CN1CCN2c3ccc(-c4n[nH]c5cc(C#N)c(-c6c(F)cc(NC(=O)CC#N)cc6F)cc45)cc3OCC2C1. The number of hydrogen-bond donors (Lipinski definition) is 2. The number of nitrogens with one attached hydrogen (secondary N) is 2. The van der Waals surface area contributed by atoms with Gasteiger partial charge >= 0.3 is 0 Å². The molecular formula is C29H23F2N7O2. The van der Waals surface area contributed by atoms with E-state index in [0.29, 0.717) is 23.2 Å². The standard InChI is InChI=1S/C29H23F2N7O2/c1-37-6-7-38-19(14-37)15-40-26-9-16(2-3-25(26)38)29-21-12-20(17(13-33)8-24(21)35-36-29)28-22(30)10-18(11-23(28)31)34-27(39)4-5-32/h2-3,8-12,19H,4,6-7,14-15H2,1H3,(H,34,39)(H,35,36). The molecule has 200 valence electrons. The van der Waals surface area contributed by atoms with Crippen molar-refractivity contribution in [2.24, 2.45) is 0 Å². The third kappa shape index (κ3) is 4.36. The fourth-order valence-corrected chi connectivity index (χ4v) is 5.43. The van der Waals surface area contributed by atoms with E-state index >= 15 is 8.78 Å². The normalized spacial score (nSPS) is 16.4. The summed E-state index contributed by atoms with van der Waals surface area (Å²) in [5.41, 5.74) is 2.44. The summed E-state index contributed by atoms with van der Waals surface area (Å²) in [4.78, 5) is 16.4. The molecule has 2 aliphatic heterocycles. The first-order chi connectivity index (χ1) is 19.4. The zero-order valence-electron chi connectivity index (χ0n) is 21.5. The summed E-state index contributed by atoms with van der Waals surface area (Å²) in [6.07, 6.45) is -0.451. The number of amides is 1. The lowest BCUT2D eigenvalue weighted by Gasteiger charge is -2.44. The minimum absolute atomic E-state index is 0.0525. The minimum atomic E-state index is -0.961. The molecule has 1 fully saturated rings. The van der Waals surface area contributed by atoms with Crippen molar-refractivity contribution in [3.63, 3.8) is 0 Å². The molecule has 0 bridgehead atoms. The summed E-state index contributed by atoms with van der Waals surface area (Å²) in [5, 5.41) is 28.7. The second kappa shape index (κ2) is 9.95. The maximum absolute atomic E-state index is 15.2. The fourth-order valence-electron chi connectivity index (χ4n) is 5.43. The van der Waals surface area contributed by atoms with Gasteiger partial charge in [0.2, 0.25) is 5.91 Å². The van der Waals surface area contributed by atoms with Crippen molar-refractivity contribution in [1.29, 1.82) is 10.5 Å². The number of carbonyl (C=O) groups excluding carboxylic acids is 1. The van der Waals surface area contributed by atoms with Gasteiger partial charge in [-0.1, -0.05) is 6.07 Å². The van der Waals surface area contributed by atoms with Crippen molar-refractivity contribution >= 4 is 28.2 Å². The van der Waals surface area contributed by atoms with Crippen LogP contribution in [0.2, 0.25) is 0 Å². The number of fused-ring (bicyclic) bond motifs is 4. The lowest BCUT2D eigenvalue weighted by atomic mass is 9.95. The average Bonchev–Trinajstić information content (AvgIpc) is 3.34. The monoisotopic (exact) mass is 539 g/mol. The zero-order chi connectivity index (χ0) is 28.0. The van der Waals surface area contributed by atoms with E-state index in [-0.39, 0.29) is 22.9 Å². The summed E-state index contributed by atoms with van der Waals surface area (Å²) in [6.45, 7) is 3.37. The maximum atomic E-state index is 15.2. The summed E-state index contributed by atoms with van der Waals surface area (Å²) in [6, 6.07) is 14.8. The van der Waals surface area contributed by atoms with Crippen LogP contribution in [-0.2, 0) is 4.79 Å². The molecule has 9 nitrogen and oxygen atoms in total. The molecule has 6 rings (SSSR count). The Kier molecular flexibility index (Phi) is 6.29. The summed E-state index contributed by atoms with van der Waals surface area (Å²) >= 11 is 0. The Bertz CT molecular complexity index is 1730. The quantitative estimate of drug-likeness (QED) is 0.394. The van der Waals surface area contributed by atoms with E-state index in [4.69, 9.17) is 10.00 Å². The van der Waals surface area contributed by atoms with Gasteiger partial charge in [0.25, 0.3) is 0 Å². The molecule has 0 saturated carbocycles. The van der Waals surface area contributed by atoms with Crippen molar-refractivity contribution in [2.45, 2.75) is 12.5 Å². The van der Waals surface area contributed by atoms with Crippen molar-refractivity contribution in [2.75, 3.05) is 43.5 Å². The van der Waals surface area contributed by atoms with Crippen LogP contribution in [0.25, 0.3) is 33.3 Å². The van der Waals surface area contributed by atoms with Gasteiger partial charge in [-0.05, 0) is 43.4 Å². The van der Waals surface area contributed by atoms with Gasteiger partial charge in [-0.25, -0.2) is 8.78 Å². The molecule has 0 spiro atoms. The first-order valence-electron chi connectivity index (χ1n) is 12.7. The largest absolute Gasteiger partial charge is 0.489 e. The first kappa shape index (κ1) is 25.3. The van der Waals surface area contributed by atoms with E-state index in [2.05, 4.69) is 32.4 Å². The van der Waals surface area contributed by atoms with Gasteiger partial charge in [-0.2, -0.15) is 15.6 Å². The van der Waals surface area contributed by atoms with Crippen LogP contribution < -0.4 is 15.0 Å². The number of rotatable bonds is 4. The van der Waals surface area contributed by atoms with Crippen LogP contribution >= 0.6 is 0 Å². The predicted octanol–water partition coefficient (Wildman–Crippen LogP) is 4.41. The number of carbonyl (C=O) groups is 1. The Morgan fingerprint density at radius 1 is 1.18 bits per heavy atom. The Morgan fingerprint density at radius 3 is 2.73 bits per heavy atom. The molecule has 40 heavy (non-hydrogen) atoms. The highest BCUT2D eigenvalue weighted by Crippen LogP contribution is 2.41. The molecule has 1 unspecified atom stereocenters. The summed E-state index contributed by atoms with van der Waals surface area (Å²) < 4.78 is 36.6. The molecule has 1 aromatic heterocycles. The van der Waals surface area contributed by atoms with E-state index in [1.807, 2.05) is 24.3 Å². The lowest BCUT2D eigenvalue weighted by Crippen LogP contribution is -2.56. The Hall–Kier alpha value is -5.00. The zero-order valence-corrected chi connectivity index (χ0v) is 21.5. The van der Waals surface area contributed by atoms with Gasteiger partial charge < -0.3 is 19.9 Å². The number of hydrogen-bond acceptors (Lipinski definition) is 7. The number of likely N-dealkylation sites (N-methyl/N-ethyl adjacent to an activating group) is 1. The Labute approximate surface area is 228 Å². The van der Waals surface area contributed by atoms with Crippen molar-refractivity contribution < 1.29 is 18.3 Å². The van der Waals surface area contributed by atoms with Crippen LogP contribution in [0.3, 0.4) is 0 Å². The third-order valence-corrected chi connectivity index (χ3v) is 7.32. The van der Waals surface area contributed by atoms with E-state index in [0.717, 1.165) is 48.8 Å². The molecule has 3 aromatic carbocycles. The molecule has 11 heteroatoms. The van der Waals surface area contributed by atoms with Gasteiger partial charge in [-0.3, -0.25) is 9.89 Å². The van der Waals surface area contributed by atoms with Gasteiger partial charge in [0.1, 0.15) is 36.1 Å². The molecule has 4 aromatic rings. The second-order valence-corrected chi connectivity index (χ2v) is 9.93. The highest BCUT2D eigenvalue weighted by Gasteiger charge is 2.32. The third-order valence-electron chi connectivity index (χ3n) is 7.32. The number of ether oxygens (including phenoxy) is 1. The molecule has 0 radical (unpaired) electrons. The maximum Gasteiger partial charge on any atom is 0.238 e. The molecule has 1 atom stereocenters.